The number of nitriles is 2. The number of aryl methyl sites for hydroxylation is 1. The maximum Gasteiger partial charge on any atom is 0.223 e. The minimum absolute atomic E-state index is 0.624. The van der Waals surface area contributed by atoms with E-state index in [0.717, 1.165) is 222 Å². The van der Waals surface area contributed by atoms with Crippen molar-refractivity contribution < 1.29 is 0 Å². The first-order chi connectivity index (χ1) is 64.2. The van der Waals surface area contributed by atoms with E-state index in [9.17, 15) is 10.5 Å². The Hall–Kier alpha value is -18.6. The topological polar surface area (TPSA) is 169 Å². The summed E-state index contributed by atoms with van der Waals surface area (Å²) >= 11 is 0. The van der Waals surface area contributed by atoms with Crippen LogP contribution in [0.2, 0.25) is 0 Å². The maximum atomic E-state index is 9.97. The van der Waals surface area contributed by atoms with Crippen LogP contribution in [0.5, 0.6) is 0 Å². The Labute approximate surface area is 733 Å². The number of imidazole rings is 12. The van der Waals surface area contributed by atoms with Crippen molar-refractivity contribution in [1.29, 1.82) is 10.5 Å². The van der Waals surface area contributed by atoms with Gasteiger partial charge >= 0.3 is 0 Å². The zero-order chi connectivity index (χ0) is 85.3. The molecule has 31 aromatic rings. The third-order valence-electron chi connectivity index (χ3n) is 27.1. The summed E-state index contributed by atoms with van der Waals surface area (Å²) in [6.45, 7) is 9.91. The van der Waals surface area contributed by atoms with Crippen LogP contribution < -0.4 is 0 Å². The third kappa shape index (κ3) is 9.58. The fourth-order valence-corrected chi connectivity index (χ4v) is 21.3. The molecule has 0 amide bonds. The lowest BCUT2D eigenvalue weighted by atomic mass is 9.92. The molecule has 0 spiro atoms. The van der Waals surface area contributed by atoms with Gasteiger partial charge in [-0.2, -0.15) is 10.5 Å². The van der Waals surface area contributed by atoms with Crippen molar-refractivity contribution in [1.82, 2.24) is 69.5 Å². The Kier molecular flexibility index (Phi) is 13.7. The van der Waals surface area contributed by atoms with E-state index in [2.05, 4.69) is 355 Å². The summed E-state index contributed by atoms with van der Waals surface area (Å²) in [4.78, 5) is 35.2. The van der Waals surface area contributed by atoms with Crippen LogP contribution >= 0.6 is 0 Å². The summed E-state index contributed by atoms with van der Waals surface area (Å²) in [5.41, 5.74) is 32.9. The number of rotatable bonds is 4. The molecule has 130 heavy (non-hydrogen) atoms. The van der Waals surface area contributed by atoms with E-state index < -0.39 is 0 Å². The average Bonchev–Trinajstić information content (AvgIpc) is 1.52. The summed E-state index contributed by atoms with van der Waals surface area (Å²) in [7, 11) is 0. The van der Waals surface area contributed by atoms with E-state index in [1.54, 1.807) is 0 Å². The van der Waals surface area contributed by atoms with Crippen LogP contribution in [0.3, 0.4) is 0 Å². The molecule has 12 heterocycles. The van der Waals surface area contributed by atoms with Crippen LogP contribution in [0.4, 0.5) is 5.69 Å². The first kappa shape index (κ1) is 69.9. The molecule has 598 valence electrons. The van der Waals surface area contributed by atoms with Gasteiger partial charge in [0.05, 0.1) is 129 Å². The van der Waals surface area contributed by atoms with Crippen LogP contribution in [0, 0.1) is 36.2 Å². The van der Waals surface area contributed by atoms with Gasteiger partial charge in [0.15, 0.2) is 5.69 Å². The molecule has 0 aliphatic heterocycles. The zero-order valence-electron chi connectivity index (χ0n) is 69.0. The van der Waals surface area contributed by atoms with Gasteiger partial charge in [0.1, 0.15) is 16.6 Å². The SMILES string of the molecule is Cc1cc(C#N)ccc1-c1cc2c3c(c1)n1c4cc5ccccc5cc4nc1n3c1nc3cc4ccccc4cc3n21.N#Cc1ccc(-c2ccccc2)c(-c2cc3c4c(c2)n2c5cc6ccccc6cc5nc2n4c2nc4cc5ccccc5cc4n32)c1.[C-]#[N+]c1ccccc1-c1cc2c3c(c1)n1c4cc5ccccc5cc4nc1n3c1nc3cc4ccccc4cc3n21. The second-order valence-electron chi connectivity index (χ2n) is 34.2. The number of aromatic nitrogens is 15. The highest BCUT2D eigenvalue weighted by atomic mass is 15.3. The van der Waals surface area contributed by atoms with Gasteiger partial charge in [-0.1, -0.05) is 212 Å². The number of para-hydroxylation sites is 1. The number of fused-ring (bicyclic) bond motifs is 36. The summed E-state index contributed by atoms with van der Waals surface area (Å²) in [5.74, 6) is 5.03. The fourth-order valence-electron chi connectivity index (χ4n) is 21.3. The molecular formula is C112H60N18. The van der Waals surface area contributed by atoms with Gasteiger partial charge in [0.2, 0.25) is 34.7 Å². The first-order valence-corrected chi connectivity index (χ1v) is 43.2. The highest BCUT2D eigenvalue weighted by Crippen LogP contribution is 2.47. The largest absolute Gasteiger partial charge is 0.276 e. The van der Waals surface area contributed by atoms with Crippen molar-refractivity contribution in [2.45, 2.75) is 6.92 Å². The van der Waals surface area contributed by atoms with E-state index in [1.165, 1.54) is 43.1 Å². The molecule has 12 aromatic heterocycles. The van der Waals surface area contributed by atoms with Gasteiger partial charge in [0, 0.05) is 0 Å². The number of hydrogen-bond acceptors (Lipinski definition) is 8. The van der Waals surface area contributed by atoms with Crippen LogP contribution in [0.25, 0.3) is 265 Å². The van der Waals surface area contributed by atoms with Crippen LogP contribution in [0.1, 0.15) is 16.7 Å². The second-order valence-corrected chi connectivity index (χ2v) is 34.2. The quantitative estimate of drug-likeness (QED) is 0.157. The molecule has 18 heteroatoms. The molecule has 0 bridgehead atoms. The summed E-state index contributed by atoms with van der Waals surface area (Å²) in [5, 5.41) is 33.5. The Morgan fingerprint density at radius 3 is 0.769 bits per heavy atom. The van der Waals surface area contributed by atoms with E-state index in [4.69, 9.17) is 36.5 Å². The molecular weight excluding hydrogens is 1600 g/mol. The normalized spacial score (nSPS) is 12.3. The van der Waals surface area contributed by atoms with Crippen molar-refractivity contribution in [3.8, 4) is 56.6 Å². The maximum absolute atomic E-state index is 9.97. The van der Waals surface area contributed by atoms with Crippen LogP contribution in [-0.2, 0) is 0 Å². The highest BCUT2D eigenvalue weighted by Gasteiger charge is 2.31. The predicted molar refractivity (Wildman–Crippen MR) is 523 cm³/mol. The number of hydrogen-bond donors (Lipinski definition) is 0. The minimum Gasteiger partial charge on any atom is -0.276 e. The zero-order valence-corrected chi connectivity index (χ0v) is 69.0. The van der Waals surface area contributed by atoms with Crippen molar-refractivity contribution in [2.24, 2.45) is 0 Å². The van der Waals surface area contributed by atoms with Crippen LogP contribution in [0.15, 0.2) is 346 Å². The van der Waals surface area contributed by atoms with Gasteiger partial charge in [-0.3, -0.25) is 26.4 Å². The summed E-state index contributed by atoms with van der Waals surface area (Å²) < 4.78 is 20.3. The lowest BCUT2D eigenvalue weighted by Crippen LogP contribution is -1.91. The Morgan fingerprint density at radius 2 is 0.477 bits per heavy atom. The van der Waals surface area contributed by atoms with E-state index in [1.807, 2.05) is 54.6 Å². The molecule has 31 rings (SSSR count). The molecule has 0 unspecified atom stereocenters. The lowest BCUT2D eigenvalue weighted by molar-refractivity contribution is 1.15. The van der Waals surface area contributed by atoms with E-state index in [0.29, 0.717) is 16.8 Å². The molecule has 0 atom stereocenters. The smallest absolute Gasteiger partial charge is 0.223 e. The van der Waals surface area contributed by atoms with Crippen molar-refractivity contribution in [2.75, 3.05) is 0 Å². The molecule has 0 radical (unpaired) electrons. The van der Waals surface area contributed by atoms with Gasteiger partial charge in [-0.15, -0.1) is 0 Å². The van der Waals surface area contributed by atoms with Crippen LogP contribution in [-0.4, -0.2) is 69.5 Å². The fraction of sp³-hybridized carbons (Fsp3) is 0.00893. The molecule has 0 saturated heterocycles. The second kappa shape index (κ2) is 25.6. The molecule has 0 aliphatic rings. The minimum atomic E-state index is 0.624. The summed E-state index contributed by atoms with van der Waals surface area (Å²) in [6.07, 6.45) is 0. The van der Waals surface area contributed by atoms with Crippen molar-refractivity contribution in [3.05, 3.63) is 374 Å². The van der Waals surface area contributed by atoms with Crippen molar-refractivity contribution >= 4 is 221 Å². The molecule has 18 nitrogen and oxygen atoms in total. The average molecular weight is 1660 g/mol. The van der Waals surface area contributed by atoms with E-state index >= 15 is 0 Å². The molecule has 0 fully saturated rings. The highest BCUT2D eigenvalue weighted by molar-refractivity contribution is 6.14. The van der Waals surface area contributed by atoms with Gasteiger partial charge in [0.25, 0.3) is 0 Å². The first-order valence-electron chi connectivity index (χ1n) is 43.2. The molecule has 0 N–H and O–H groups in total. The molecule has 0 aliphatic carbocycles. The van der Waals surface area contributed by atoms with Gasteiger partial charge < -0.3 is 0 Å². The summed E-state index contributed by atoms with van der Waals surface area (Å²) in [6, 6.07) is 125. The number of nitrogens with zero attached hydrogens (tertiary/aromatic N) is 18. The predicted octanol–water partition coefficient (Wildman–Crippen LogP) is 26.6. The van der Waals surface area contributed by atoms with Crippen molar-refractivity contribution in [3.63, 3.8) is 0 Å². The monoisotopic (exact) mass is 1660 g/mol. The lowest BCUT2D eigenvalue weighted by Gasteiger charge is -2.12. The Morgan fingerprint density at radius 1 is 0.223 bits per heavy atom. The van der Waals surface area contributed by atoms with Gasteiger partial charge in [-0.25, -0.2) is 48.0 Å². The third-order valence-corrected chi connectivity index (χ3v) is 27.1. The van der Waals surface area contributed by atoms with E-state index in [-0.39, 0.29) is 0 Å². The van der Waals surface area contributed by atoms with Gasteiger partial charge in [-0.05, 0) is 255 Å². The molecule has 19 aromatic carbocycles. The number of benzene rings is 19. The Balaban J connectivity index is 0.0000000963. The molecule has 0 saturated carbocycles. The Bertz CT molecular complexity index is 10200. The standard InChI is InChI=1S/C41H22N6.C36H20N6.C35H18N6/c42-23-24-14-15-31(25-8-2-1-3-9-25)32(16-24)30-21-37-39-38(22-30)46-36-20-29-13-7-5-11-27(29)18-34(36)44-41(46)47(39)40-43-33-17-26-10-4-6-12-28(26)19-35(33)45(37)40;1-20-12-21(19-37)10-11-27(20)26-17-32-34-33(18-26)41-31-16-25-9-5-3-7-23(25)14-29(31)39-36(41)42(34)35-38-28-13-22-6-2-4-8-24(22)15-30(28)40(32)35;1-36-26-13-7-6-12-25(26)24-18-31-33-32(19-24)40-30-17-23-11-5-3-9-21(23)15-28(30)38-35(40)41(33)34-37-27-14-20-8-2-4-10-22(20)16-29(27)39(31)34/h1-22H;2-18H,1H3;2-19H.